The third-order valence-electron chi connectivity index (χ3n) is 4.28. The van der Waals surface area contributed by atoms with E-state index in [1.54, 1.807) is 23.5 Å². The predicted octanol–water partition coefficient (Wildman–Crippen LogP) is 3.22. The van der Waals surface area contributed by atoms with Crippen molar-refractivity contribution in [2.45, 2.75) is 56.4 Å². The molecule has 1 aliphatic rings. The molecule has 0 N–H and O–H groups in total. The number of benzene rings is 1. The number of unbranched alkanes of at least 4 members (excludes halogenated alkanes) is 2. The Hall–Kier alpha value is -0.910. The van der Waals surface area contributed by atoms with E-state index in [1.807, 2.05) is 12.1 Å². The lowest BCUT2D eigenvalue weighted by atomic mass is 10.1. The van der Waals surface area contributed by atoms with E-state index < -0.39 is 10.0 Å². The van der Waals surface area contributed by atoms with Crippen molar-refractivity contribution in [2.24, 2.45) is 0 Å². The Kier molecular flexibility index (Phi) is 6.41. The quantitative estimate of drug-likeness (QED) is 0.690. The molecular formula is C17H27NO3S. The summed E-state index contributed by atoms with van der Waals surface area (Å²) >= 11 is 0. The first-order valence-corrected chi connectivity index (χ1v) is 9.63. The van der Waals surface area contributed by atoms with Crippen LogP contribution in [0.4, 0.5) is 0 Å². The highest BCUT2D eigenvalue weighted by Gasteiger charge is 2.35. The molecule has 0 aromatic heterocycles. The van der Waals surface area contributed by atoms with Crippen LogP contribution >= 0.6 is 0 Å². The van der Waals surface area contributed by atoms with Crippen LogP contribution in [0.2, 0.25) is 0 Å². The summed E-state index contributed by atoms with van der Waals surface area (Å²) < 4.78 is 32.3. The SMILES string of the molecule is CCCCCc1ccc(S(=O)(=O)N2CCCC2COC)cc1. The van der Waals surface area contributed by atoms with Crippen LogP contribution in [0.3, 0.4) is 0 Å². The number of aryl methyl sites for hydroxylation is 1. The van der Waals surface area contributed by atoms with Gasteiger partial charge < -0.3 is 4.74 Å². The van der Waals surface area contributed by atoms with Gasteiger partial charge in [0.05, 0.1) is 11.5 Å². The molecule has 5 heteroatoms. The normalized spacial score (nSPS) is 19.6. The summed E-state index contributed by atoms with van der Waals surface area (Å²) in [6.07, 6.45) is 6.37. The van der Waals surface area contributed by atoms with Crippen molar-refractivity contribution in [3.63, 3.8) is 0 Å². The van der Waals surface area contributed by atoms with E-state index in [0.29, 0.717) is 18.0 Å². The average molecular weight is 325 g/mol. The van der Waals surface area contributed by atoms with Crippen LogP contribution in [0.25, 0.3) is 0 Å². The van der Waals surface area contributed by atoms with Crippen molar-refractivity contribution < 1.29 is 13.2 Å². The summed E-state index contributed by atoms with van der Waals surface area (Å²) in [4.78, 5) is 0.398. The predicted molar refractivity (Wildman–Crippen MR) is 88.5 cm³/mol. The number of sulfonamides is 1. The molecule has 4 nitrogen and oxygen atoms in total. The fourth-order valence-electron chi connectivity index (χ4n) is 3.03. The van der Waals surface area contributed by atoms with Crippen LogP contribution in [0, 0.1) is 0 Å². The highest BCUT2D eigenvalue weighted by Crippen LogP contribution is 2.26. The molecule has 0 spiro atoms. The smallest absolute Gasteiger partial charge is 0.243 e. The molecule has 1 fully saturated rings. The number of rotatable bonds is 8. The minimum atomic E-state index is -3.40. The van der Waals surface area contributed by atoms with E-state index in [4.69, 9.17) is 4.74 Å². The Bertz CT molecular complexity index is 554. The maximum absolute atomic E-state index is 12.8. The van der Waals surface area contributed by atoms with Gasteiger partial charge in [-0.15, -0.1) is 0 Å². The molecule has 1 saturated heterocycles. The number of ether oxygens (including phenoxy) is 1. The van der Waals surface area contributed by atoms with Gasteiger partial charge in [-0.1, -0.05) is 31.9 Å². The second kappa shape index (κ2) is 8.09. The fourth-order valence-corrected chi connectivity index (χ4v) is 4.71. The molecule has 2 rings (SSSR count). The number of methoxy groups -OCH3 is 1. The third-order valence-corrected chi connectivity index (χ3v) is 6.25. The minimum absolute atomic E-state index is 0.0285. The maximum atomic E-state index is 12.8. The third kappa shape index (κ3) is 4.09. The zero-order chi connectivity index (χ0) is 16.0. The topological polar surface area (TPSA) is 46.6 Å². The first-order chi connectivity index (χ1) is 10.6. The van der Waals surface area contributed by atoms with E-state index in [0.717, 1.165) is 25.7 Å². The largest absolute Gasteiger partial charge is 0.383 e. The molecule has 0 radical (unpaired) electrons. The molecule has 1 aromatic carbocycles. The lowest BCUT2D eigenvalue weighted by molar-refractivity contribution is 0.149. The first kappa shape index (κ1) is 17.4. The Labute approximate surface area is 134 Å². The summed E-state index contributed by atoms with van der Waals surface area (Å²) in [6.45, 7) is 3.24. The first-order valence-electron chi connectivity index (χ1n) is 8.19. The number of hydrogen-bond donors (Lipinski definition) is 0. The molecule has 1 aliphatic heterocycles. The summed E-state index contributed by atoms with van der Waals surface area (Å²) in [5.74, 6) is 0. The van der Waals surface area contributed by atoms with Gasteiger partial charge in [0.25, 0.3) is 0 Å². The molecule has 1 atom stereocenters. The van der Waals surface area contributed by atoms with Crippen LogP contribution in [-0.4, -0.2) is 39.0 Å². The second-order valence-electron chi connectivity index (χ2n) is 5.97. The zero-order valence-corrected chi connectivity index (χ0v) is 14.4. The average Bonchev–Trinajstić information content (AvgIpc) is 2.98. The molecular weight excluding hydrogens is 298 g/mol. The summed E-state index contributed by atoms with van der Waals surface area (Å²) in [5, 5.41) is 0. The van der Waals surface area contributed by atoms with E-state index in [-0.39, 0.29) is 6.04 Å². The van der Waals surface area contributed by atoms with Crippen molar-refractivity contribution in [2.75, 3.05) is 20.3 Å². The van der Waals surface area contributed by atoms with Crippen molar-refractivity contribution in [3.8, 4) is 0 Å². The fraction of sp³-hybridized carbons (Fsp3) is 0.647. The maximum Gasteiger partial charge on any atom is 0.243 e. The Morgan fingerprint density at radius 1 is 1.23 bits per heavy atom. The van der Waals surface area contributed by atoms with Gasteiger partial charge in [-0.25, -0.2) is 8.42 Å². The van der Waals surface area contributed by atoms with Crippen LogP contribution in [0.1, 0.15) is 44.6 Å². The van der Waals surface area contributed by atoms with Gasteiger partial charge in [0.2, 0.25) is 10.0 Å². The Balaban J connectivity index is 2.09. The van der Waals surface area contributed by atoms with E-state index >= 15 is 0 Å². The molecule has 1 unspecified atom stereocenters. The Morgan fingerprint density at radius 2 is 1.95 bits per heavy atom. The summed E-state index contributed by atoms with van der Waals surface area (Å²) in [5.41, 5.74) is 1.21. The summed E-state index contributed by atoms with van der Waals surface area (Å²) in [7, 11) is -1.78. The summed E-state index contributed by atoms with van der Waals surface area (Å²) in [6, 6.07) is 7.37. The van der Waals surface area contributed by atoms with Crippen LogP contribution in [0.15, 0.2) is 29.2 Å². The molecule has 0 amide bonds. The molecule has 0 saturated carbocycles. The van der Waals surface area contributed by atoms with Gasteiger partial charge in [0.1, 0.15) is 0 Å². The van der Waals surface area contributed by atoms with Gasteiger partial charge in [-0.2, -0.15) is 4.31 Å². The van der Waals surface area contributed by atoms with Crippen molar-refractivity contribution in [1.82, 2.24) is 4.31 Å². The highest BCUT2D eigenvalue weighted by molar-refractivity contribution is 7.89. The van der Waals surface area contributed by atoms with Crippen molar-refractivity contribution in [3.05, 3.63) is 29.8 Å². The molecule has 1 aromatic rings. The number of nitrogens with zero attached hydrogens (tertiary/aromatic N) is 1. The van der Waals surface area contributed by atoms with Gasteiger partial charge in [-0.3, -0.25) is 0 Å². The zero-order valence-electron chi connectivity index (χ0n) is 13.6. The van der Waals surface area contributed by atoms with Crippen LogP contribution in [0.5, 0.6) is 0 Å². The highest BCUT2D eigenvalue weighted by atomic mass is 32.2. The van der Waals surface area contributed by atoms with Crippen molar-refractivity contribution >= 4 is 10.0 Å². The van der Waals surface area contributed by atoms with Crippen LogP contribution in [-0.2, 0) is 21.2 Å². The van der Waals surface area contributed by atoms with E-state index in [9.17, 15) is 8.42 Å². The van der Waals surface area contributed by atoms with E-state index in [1.165, 1.54) is 18.4 Å². The van der Waals surface area contributed by atoms with E-state index in [2.05, 4.69) is 6.92 Å². The standard InChI is InChI=1S/C17H27NO3S/c1-3-4-5-7-15-9-11-17(12-10-15)22(19,20)18-13-6-8-16(18)14-21-2/h9-12,16H,3-8,13-14H2,1-2H3. The molecule has 0 bridgehead atoms. The minimum Gasteiger partial charge on any atom is -0.383 e. The number of hydrogen-bond acceptors (Lipinski definition) is 3. The monoisotopic (exact) mass is 325 g/mol. The molecule has 22 heavy (non-hydrogen) atoms. The van der Waals surface area contributed by atoms with Crippen LogP contribution < -0.4 is 0 Å². The van der Waals surface area contributed by atoms with Gasteiger partial charge >= 0.3 is 0 Å². The molecule has 1 heterocycles. The Morgan fingerprint density at radius 3 is 2.59 bits per heavy atom. The van der Waals surface area contributed by atoms with Gasteiger partial charge in [0, 0.05) is 19.7 Å². The second-order valence-corrected chi connectivity index (χ2v) is 7.86. The van der Waals surface area contributed by atoms with Gasteiger partial charge in [-0.05, 0) is 43.4 Å². The molecule has 124 valence electrons. The van der Waals surface area contributed by atoms with Crippen molar-refractivity contribution in [1.29, 1.82) is 0 Å². The van der Waals surface area contributed by atoms with Gasteiger partial charge in [0.15, 0.2) is 0 Å². The lowest BCUT2D eigenvalue weighted by Crippen LogP contribution is -2.38. The lowest BCUT2D eigenvalue weighted by Gasteiger charge is -2.23. The molecule has 0 aliphatic carbocycles.